The Morgan fingerprint density at radius 1 is 1.44 bits per heavy atom. The summed E-state index contributed by atoms with van der Waals surface area (Å²) in [6, 6.07) is 1.97. The van der Waals surface area contributed by atoms with E-state index in [0.717, 1.165) is 6.07 Å². The highest BCUT2D eigenvalue weighted by atomic mass is 79.9. The van der Waals surface area contributed by atoms with Gasteiger partial charge in [-0.3, -0.25) is 0 Å². The second-order valence-electron chi connectivity index (χ2n) is 7.25. The predicted octanol–water partition coefficient (Wildman–Crippen LogP) is 4.06. The molecule has 7 heteroatoms. The molecule has 1 N–H and O–H groups in total. The largest absolute Gasteiger partial charge is 0.596 e. The van der Waals surface area contributed by atoms with Crippen LogP contribution in [-0.4, -0.2) is 40.2 Å². The first-order valence-corrected chi connectivity index (χ1v) is 9.02. The SMILES string of the molecule is CC(C)(C)OC(=O)[N+]1=CC(C(O)Cc2c(F)cc(F)cc2Br)CCC1. The van der Waals surface area contributed by atoms with Gasteiger partial charge in [0.2, 0.25) is 0 Å². The summed E-state index contributed by atoms with van der Waals surface area (Å²) in [7, 11) is 0. The van der Waals surface area contributed by atoms with E-state index >= 15 is 0 Å². The summed E-state index contributed by atoms with van der Waals surface area (Å²) in [5, 5.41) is 10.5. The molecule has 4 nitrogen and oxygen atoms in total. The Morgan fingerprint density at radius 3 is 2.72 bits per heavy atom. The molecule has 0 spiro atoms. The number of aliphatic hydroxyl groups excluding tert-OH is 1. The molecular formula is C18H23BrF2NO3+. The van der Waals surface area contributed by atoms with Gasteiger partial charge in [-0.15, -0.1) is 4.58 Å². The summed E-state index contributed by atoms with van der Waals surface area (Å²) in [6.07, 6.45) is 1.72. The lowest BCUT2D eigenvalue weighted by Crippen LogP contribution is -2.38. The first-order chi connectivity index (χ1) is 11.6. The molecule has 1 amide bonds. The van der Waals surface area contributed by atoms with Gasteiger partial charge in [-0.2, -0.15) is 4.79 Å². The van der Waals surface area contributed by atoms with Crippen molar-refractivity contribution < 1.29 is 28.0 Å². The highest BCUT2D eigenvalue weighted by molar-refractivity contribution is 9.10. The molecule has 0 saturated heterocycles. The molecule has 2 rings (SSSR count). The van der Waals surface area contributed by atoms with E-state index in [-0.39, 0.29) is 22.4 Å². The number of carbonyl (C=O) groups excluding carboxylic acids is 1. The maximum atomic E-state index is 14.0. The van der Waals surface area contributed by atoms with Gasteiger partial charge in [-0.25, -0.2) is 8.78 Å². The quantitative estimate of drug-likeness (QED) is 0.752. The van der Waals surface area contributed by atoms with E-state index in [9.17, 15) is 18.7 Å². The molecule has 0 aliphatic carbocycles. The number of nitrogens with zero attached hydrogens (tertiary/aromatic N) is 1. The third-order valence-corrected chi connectivity index (χ3v) is 4.66. The van der Waals surface area contributed by atoms with Crippen LogP contribution in [0.15, 0.2) is 16.6 Å². The minimum atomic E-state index is -0.888. The number of hydrogen-bond donors (Lipinski definition) is 1. The molecule has 1 aromatic rings. The minimum Gasteiger partial charge on any atom is -0.406 e. The molecule has 1 heterocycles. The number of benzene rings is 1. The van der Waals surface area contributed by atoms with E-state index in [0.29, 0.717) is 19.4 Å². The molecule has 0 aromatic heterocycles. The third-order valence-electron chi connectivity index (χ3n) is 3.95. The van der Waals surface area contributed by atoms with Crippen molar-refractivity contribution in [3.05, 3.63) is 33.8 Å². The van der Waals surface area contributed by atoms with Crippen LogP contribution in [0.1, 0.15) is 39.2 Å². The van der Waals surface area contributed by atoms with E-state index in [2.05, 4.69) is 15.9 Å². The number of ether oxygens (including phenoxy) is 1. The maximum absolute atomic E-state index is 14.0. The lowest BCUT2D eigenvalue weighted by molar-refractivity contribution is -0.454. The molecule has 25 heavy (non-hydrogen) atoms. The van der Waals surface area contributed by atoms with Crippen molar-refractivity contribution in [2.75, 3.05) is 6.54 Å². The lowest BCUT2D eigenvalue weighted by atomic mass is 9.91. The van der Waals surface area contributed by atoms with Crippen LogP contribution < -0.4 is 0 Å². The fourth-order valence-electron chi connectivity index (χ4n) is 2.77. The molecule has 2 unspecified atom stereocenters. The lowest BCUT2D eigenvalue weighted by Gasteiger charge is -2.23. The van der Waals surface area contributed by atoms with Gasteiger partial charge in [0.05, 0.1) is 12.0 Å². The van der Waals surface area contributed by atoms with Crippen LogP contribution in [0, 0.1) is 17.6 Å². The first kappa shape index (κ1) is 20.0. The first-order valence-electron chi connectivity index (χ1n) is 8.23. The highest BCUT2D eigenvalue weighted by Crippen LogP contribution is 2.26. The van der Waals surface area contributed by atoms with Gasteiger partial charge in [-0.05, 0) is 33.3 Å². The third kappa shape index (κ3) is 5.57. The van der Waals surface area contributed by atoms with Crippen molar-refractivity contribution in [3.8, 4) is 0 Å². The van der Waals surface area contributed by atoms with E-state index in [1.807, 2.05) is 0 Å². The van der Waals surface area contributed by atoms with Gasteiger partial charge in [0.25, 0.3) is 0 Å². The Hall–Kier alpha value is -1.34. The smallest absolute Gasteiger partial charge is 0.406 e. The second kappa shape index (κ2) is 7.91. The van der Waals surface area contributed by atoms with Crippen LogP contribution in [0.2, 0.25) is 0 Å². The number of aliphatic hydroxyl groups is 1. The summed E-state index contributed by atoms with van der Waals surface area (Å²) in [5.41, 5.74) is -0.379. The van der Waals surface area contributed by atoms with E-state index < -0.39 is 29.4 Å². The van der Waals surface area contributed by atoms with Gasteiger partial charge in [0.1, 0.15) is 17.2 Å². The monoisotopic (exact) mass is 418 g/mol. The zero-order chi connectivity index (χ0) is 18.8. The number of carbonyl (C=O) groups is 1. The van der Waals surface area contributed by atoms with Crippen LogP contribution in [0.4, 0.5) is 13.6 Å². The Balaban J connectivity index is 2.13. The number of amides is 1. The van der Waals surface area contributed by atoms with Gasteiger partial charge in [0.15, 0.2) is 12.8 Å². The normalized spacial score (nSPS) is 19.3. The summed E-state index contributed by atoms with van der Waals surface area (Å²) >= 11 is 3.13. The predicted molar refractivity (Wildman–Crippen MR) is 93.9 cm³/mol. The van der Waals surface area contributed by atoms with Crippen molar-refractivity contribution >= 4 is 28.2 Å². The number of halogens is 3. The van der Waals surface area contributed by atoms with Crippen LogP contribution in [0.3, 0.4) is 0 Å². The summed E-state index contributed by atoms with van der Waals surface area (Å²) < 4.78 is 34.2. The zero-order valence-corrected chi connectivity index (χ0v) is 16.1. The van der Waals surface area contributed by atoms with Crippen LogP contribution in [0.5, 0.6) is 0 Å². The Kier molecular flexibility index (Phi) is 6.32. The van der Waals surface area contributed by atoms with Crippen molar-refractivity contribution in [2.24, 2.45) is 5.92 Å². The van der Waals surface area contributed by atoms with Crippen LogP contribution >= 0.6 is 15.9 Å². The summed E-state index contributed by atoms with van der Waals surface area (Å²) in [5.74, 6) is -1.69. The molecule has 2 atom stereocenters. The molecule has 0 saturated carbocycles. The van der Waals surface area contributed by atoms with Gasteiger partial charge >= 0.3 is 6.09 Å². The Labute approximate surface area is 154 Å². The van der Waals surface area contributed by atoms with E-state index in [1.165, 1.54) is 10.6 Å². The van der Waals surface area contributed by atoms with Crippen molar-refractivity contribution in [1.29, 1.82) is 0 Å². The molecule has 0 radical (unpaired) electrons. The highest BCUT2D eigenvalue weighted by Gasteiger charge is 2.33. The fourth-order valence-corrected chi connectivity index (χ4v) is 3.34. The summed E-state index contributed by atoms with van der Waals surface area (Å²) in [4.78, 5) is 12.2. The molecule has 1 aliphatic rings. The molecule has 1 aromatic carbocycles. The molecule has 0 bridgehead atoms. The minimum absolute atomic E-state index is 0.0238. The molecule has 138 valence electrons. The average Bonchev–Trinajstić information content (AvgIpc) is 2.49. The Bertz CT molecular complexity index is 662. The summed E-state index contributed by atoms with van der Waals surface area (Å²) in [6.45, 7) is 5.88. The molecular weight excluding hydrogens is 396 g/mol. The van der Waals surface area contributed by atoms with Crippen LogP contribution in [0.25, 0.3) is 0 Å². The van der Waals surface area contributed by atoms with E-state index in [4.69, 9.17) is 4.74 Å². The number of hydrogen-bond acceptors (Lipinski definition) is 3. The van der Waals surface area contributed by atoms with Gasteiger partial charge < -0.3 is 9.84 Å². The fraction of sp³-hybridized carbons (Fsp3) is 0.556. The second-order valence-corrected chi connectivity index (χ2v) is 8.10. The zero-order valence-electron chi connectivity index (χ0n) is 14.6. The van der Waals surface area contributed by atoms with Gasteiger partial charge in [-0.1, -0.05) is 15.9 Å². The van der Waals surface area contributed by atoms with Gasteiger partial charge in [0, 0.05) is 28.9 Å². The number of rotatable bonds is 3. The van der Waals surface area contributed by atoms with Crippen LogP contribution in [-0.2, 0) is 11.2 Å². The molecule has 1 aliphatic heterocycles. The van der Waals surface area contributed by atoms with Crippen molar-refractivity contribution in [1.82, 2.24) is 0 Å². The standard InChI is InChI=1S/C18H23BrF2NO3/c1-18(2,3)25-17(24)22-6-4-5-11(10-22)16(23)9-13-14(19)7-12(20)8-15(13)21/h7-8,10-11,16,23H,4-6,9H2,1-3H3/q+1. The Morgan fingerprint density at radius 2 is 2.12 bits per heavy atom. The van der Waals surface area contributed by atoms with Crippen molar-refractivity contribution in [3.63, 3.8) is 0 Å². The average molecular weight is 419 g/mol. The topological polar surface area (TPSA) is 49.5 Å². The molecule has 0 fully saturated rings. The van der Waals surface area contributed by atoms with Crippen molar-refractivity contribution in [2.45, 2.75) is 51.7 Å². The van der Waals surface area contributed by atoms with E-state index in [1.54, 1.807) is 27.0 Å². The maximum Gasteiger partial charge on any atom is 0.596 e.